The van der Waals surface area contributed by atoms with E-state index in [1.165, 1.54) is 11.8 Å². The van der Waals surface area contributed by atoms with Gasteiger partial charge in [0.05, 0.1) is 15.0 Å². The van der Waals surface area contributed by atoms with Gasteiger partial charge in [-0.2, -0.15) is 0 Å². The maximum Gasteiger partial charge on any atom is 0.200 e. The number of hydrogen-bond acceptors (Lipinski definition) is 3. The van der Waals surface area contributed by atoms with Crippen molar-refractivity contribution in [3.05, 3.63) is 101 Å². The first-order valence-electron chi connectivity index (χ1n) is 8.52. The average molecular weight is 699 g/mol. The van der Waals surface area contributed by atoms with E-state index in [0.717, 1.165) is 14.5 Å². The fraction of sp³-hybridized carbons (Fsp3) is 0.0455. The molecule has 8 heteroatoms. The molecule has 0 saturated carbocycles. The second-order valence-corrected chi connectivity index (χ2v) is 10.9. The summed E-state index contributed by atoms with van der Waals surface area (Å²) in [6, 6.07) is 18.4. The Bertz CT molecular complexity index is 1090. The van der Waals surface area contributed by atoms with Crippen molar-refractivity contribution in [2.24, 2.45) is 0 Å². The summed E-state index contributed by atoms with van der Waals surface area (Å²) >= 11 is 22.6. The molecule has 0 amide bonds. The summed E-state index contributed by atoms with van der Waals surface area (Å²) in [5, 5.41) is 10.2. The molecule has 0 aromatic heterocycles. The molecular formula is C22H13Br2Cl2IO2S. The number of hydrogen-bond donors (Lipinski definition) is 1. The van der Waals surface area contributed by atoms with Crippen molar-refractivity contribution in [1.29, 1.82) is 0 Å². The van der Waals surface area contributed by atoms with Gasteiger partial charge in [0.1, 0.15) is 0 Å². The molecule has 3 aromatic rings. The van der Waals surface area contributed by atoms with E-state index in [9.17, 15) is 9.90 Å². The molecular weight excluding hydrogens is 686 g/mol. The second kappa shape index (κ2) is 10.9. The third kappa shape index (κ3) is 6.04. The van der Waals surface area contributed by atoms with Gasteiger partial charge < -0.3 is 5.11 Å². The number of ketones is 1. The zero-order valence-electron chi connectivity index (χ0n) is 15.1. The van der Waals surface area contributed by atoms with Gasteiger partial charge in [-0.05, 0) is 82.2 Å². The summed E-state index contributed by atoms with van der Waals surface area (Å²) in [5.74, 6) is 0.362. The zero-order valence-corrected chi connectivity index (χ0v) is 22.8. The van der Waals surface area contributed by atoms with Crippen LogP contribution in [0.25, 0.3) is 3.58 Å². The van der Waals surface area contributed by atoms with Crippen molar-refractivity contribution in [3.8, 4) is 5.75 Å². The van der Waals surface area contributed by atoms with Crippen molar-refractivity contribution >= 4 is 98.8 Å². The van der Waals surface area contributed by atoms with Crippen molar-refractivity contribution in [3.63, 3.8) is 0 Å². The molecule has 30 heavy (non-hydrogen) atoms. The van der Waals surface area contributed by atoms with E-state index in [4.69, 9.17) is 23.2 Å². The fourth-order valence-electron chi connectivity index (χ4n) is 2.52. The summed E-state index contributed by atoms with van der Waals surface area (Å²) in [5.41, 5.74) is 2.35. The van der Waals surface area contributed by atoms with Gasteiger partial charge in [0, 0.05) is 23.8 Å². The average Bonchev–Trinajstić information content (AvgIpc) is 2.73. The lowest BCUT2D eigenvalue weighted by atomic mass is 10.1. The van der Waals surface area contributed by atoms with Crippen LogP contribution in [-0.4, -0.2) is 10.9 Å². The Morgan fingerprint density at radius 3 is 1.93 bits per heavy atom. The van der Waals surface area contributed by atoms with E-state index in [2.05, 4.69) is 54.5 Å². The van der Waals surface area contributed by atoms with Crippen LogP contribution in [0.2, 0.25) is 10.0 Å². The van der Waals surface area contributed by atoms with Gasteiger partial charge >= 0.3 is 0 Å². The summed E-state index contributed by atoms with van der Waals surface area (Å²) < 4.78 is 2.62. The molecule has 0 spiro atoms. The number of carbonyl (C=O) groups excluding carboxylic acids is 1. The summed E-state index contributed by atoms with van der Waals surface area (Å²) in [6.45, 7) is 0. The van der Waals surface area contributed by atoms with Crippen LogP contribution in [0.4, 0.5) is 0 Å². The maximum atomic E-state index is 13.4. The van der Waals surface area contributed by atoms with Crippen LogP contribution in [0.5, 0.6) is 5.75 Å². The highest BCUT2D eigenvalue weighted by Gasteiger charge is 2.20. The number of rotatable bonds is 6. The van der Waals surface area contributed by atoms with Gasteiger partial charge in [-0.1, -0.05) is 67.2 Å². The van der Waals surface area contributed by atoms with Gasteiger partial charge in [0.15, 0.2) is 11.5 Å². The minimum Gasteiger partial charge on any atom is -0.505 e. The van der Waals surface area contributed by atoms with E-state index >= 15 is 0 Å². The lowest BCUT2D eigenvalue weighted by Gasteiger charge is -2.12. The van der Waals surface area contributed by atoms with Crippen LogP contribution >= 0.6 is 89.4 Å². The number of allylic oxidation sites excluding steroid dienone is 1. The summed E-state index contributed by atoms with van der Waals surface area (Å²) in [4.78, 5) is 13.9. The first kappa shape index (κ1) is 24.1. The molecule has 0 aliphatic carbocycles. The van der Waals surface area contributed by atoms with Gasteiger partial charge in [-0.15, -0.1) is 11.8 Å². The third-order valence-electron chi connectivity index (χ3n) is 4.08. The molecule has 0 radical (unpaired) electrons. The predicted octanol–water partition coefficient (Wildman–Crippen LogP) is 9.14. The van der Waals surface area contributed by atoms with E-state index in [1.54, 1.807) is 24.3 Å². The van der Waals surface area contributed by atoms with Crippen molar-refractivity contribution < 1.29 is 9.90 Å². The van der Waals surface area contributed by atoms with Gasteiger partial charge in [-0.25, -0.2) is 0 Å². The quantitative estimate of drug-likeness (QED) is 0.159. The SMILES string of the molecule is O=C(C(SCc1ccc(Br)cc1)=C(I)c1cc(Cl)c(O)c(Cl)c1)c1ccc(Br)cc1. The largest absolute Gasteiger partial charge is 0.505 e. The van der Waals surface area contributed by atoms with Crippen LogP contribution in [0, 0.1) is 0 Å². The Morgan fingerprint density at radius 2 is 1.40 bits per heavy atom. The van der Waals surface area contributed by atoms with Gasteiger partial charge in [-0.3, -0.25) is 4.79 Å². The molecule has 0 atom stereocenters. The summed E-state index contributed by atoms with van der Waals surface area (Å²) in [6.07, 6.45) is 0. The highest BCUT2D eigenvalue weighted by molar-refractivity contribution is 14.1. The number of benzene rings is 3. The molecule has 2 nitrogen and oxygen atoms in total. The Hall–Kier alpha value is -0.510. The Kier molecular flexibility index (Phi) is 8.75. The Balaban J connectivity index is 2.03. The first-order chi connectivity index (χ1) is 14.3. The maximum absolute atomic E-state index is 13.4. The molecule has 0 bridgehead atoms. The van der Waals surface area contributed by atoms with Crippen molar-refractivity contribution in [2.75, 3.05) is 0 Å². The molecule has 1 N–H and O–H groups in total. The highest BCUT2D eigenvalue weighted by atomic mass is 127. The van der Waals surface area contributed by atoms with E-state index in [-0.39, 0.29) is 21.6 Å². The van der Waals surface area contributed by atoms with Crippen LogP contribution in [0.15, 0.2) is 74.5 Å². The predicted molar refractivity (Wildman–Crippen MR) is 143 cm³/mol. The highest BCUT2D eigenvalue weighted by Crippen LogP contribution is 2.41. The fourth-order valence-corrected chi connectivity index (χ4v) is 5.56. The standard InChI is InChI=1S/C22H13Br2Cl2IO2S/c23-15-5-1-12(2-6-15)11-30-22(20(28)13-3-7-16(24)8-4-13)19(27)14-9-17(25)21(29)18(26)10-14/h1-10,29H,11H2. The van der Waals surface area contributed by atoms with Crippen molar-refractivity contribution in [1.82, 2.24) is 0 Å². The topological polar surface area (TPSA) is 37.3 Å². The molecule has 0 saturated heterocycles. The van der Waals surface area contributed by atoms with E-state index in [0.29, 0.717) is 25.4 Å². The number of phenolic OH excluding ortho intramolecular Hbond substituents is 1. The Morgan fingerprint density at radius 1 is 0.900 bits per heavy atom. The molecule has 154 valence electrons. The normalized spacial score (nSPS) is 11.9. The van der Waals surface area contributed by atoms with Crippen LogP contribution in [0.3, 0.4) is 0 Å². The second-order valence-electron chi connectivity index (χ2n) is 6.18. The Labute approximate surface area is 219 Å². The third-order valence-corrected chi connectivity index (χ3v) is 8.40. The first-order valence-corrected chi connectivity index (χ1v) is 12.9. The number of aromatic hydroxyl groups is 1. The molecule has 0 aliphatic heterocycles. The summed E-state index contributed by atoms with van der Waals surface area (Å²) in [7, 11) is 0. The number of carbonyl (C=O) groups is 1. The monoisotopic (exact) mass is 696 g/mol. The van der Waals surface area contributed by atoms with Gasteiger partial charge in [0.2, 0.25) is 0 Å². The lowest BCUT2D eigenvalue weighted by Crippen LogP contribution is -2.03. The number of thioether (sulfide) groups is 1. The van der Waals surface area contributed by atoms with Gasteiger partial charge in [0.25, 0.3) is 0 Å². The minimum absolute atomic E-state index is 0.0886. The van der Waals surface area contributed by atoms with E-state index < -0.39 is 0 Å². The number of phenols is 1. The van der Waals surface area contributed by atoms with Crippen LogP contribution < -0.4 is 0 Å². The lowest BCUT2D eigenvalue weighted by molar-refractivity contribution is 0.104. The molecule has 0 heterocycles. The van der Waals surface area contributed by atoms with Crippen LogP contribution in [0.1, 0.15) is 21.5 Å². The van der Waals surface area contributed by atoms with Crippen LogP contribution in [-0.2, 0) is 5.75 Å². The van der Waals surface area contributed by atoms with E-state index in [1.807, 2.05) is 36.4 Å². The molecule has 3 aromatic carbocycles. The molecule has 3 rings (SSSR count). The smallest absolute Gasteiger partial charge is 0.200 e. The number of Topliss-reactive ketones (excluding diaryl/α,β-unsaturated/α-hetero) is 1. The molecule has 0 aliphatic rings. The molecule has 0 unspecified atom stereocenters. The number of halogens is 5. The minimum atomic E-state index is -0.172. The molecule has 0 fully saturated rings. The zero-order chi connectivity index (χ0) is 21.8. The van der Waals surface area contributed by atoms with Crippen molar-refractivity contribution in [2.45, 2.75) is 5.75 Å².